The number of carboxylic acid groups (broad SMARTS) is 1. The molecule has 1 aliphatic rings. The van der Waals surface area contributed by atoms with Crippen LogP contribution < -0.4 is 4.74 Å². The van der Waals surface area contributed by atoms with E-state index in [-0.39, 0.29) is 43.4 Å². The third-order valence-electron chi connectivity index (χ3n) is 4.09. The number of nitrogens with zero attached hydrogens (tertiary/aromatic N) is 2. The van der Waals surface area contributed by atoms with Gasteiger partial charge in [0.15, 0.2) is 17.4 Å². The number of H-pyrrole nitrogens is 1. The van der Waals surface area contributed by atoms with Gasteiger partial charge in [-0.2, -0.15) is 0 Å². The molecule has 8 heteroatoms. The first-order valence-electron chi connectivity index (χ1n) is 7.47. The average molecular weight is 333 g/mol. The summed E-state index contributed by atoms with van der Waals surface area (Å²) in [6, 6.07) is 5.67. The van der Waals surface area contributed by atoms with E-state index >= 15 is 0 Å². The van der Waals surface area contributed by atoms with Crippen LogP contribution in [0.1, 0.15) is 23.5 Å². The van der Waals surface area contributed by atoms with Crippen molar-refractivity contribution in [2.24, 2.45) is 0 Å². The normalized spacial score (nSPS) is 16.6. The molecule has 0 aliphatic carbocycles. The number of ether oxygens (including phenoxy) is 1. The van der Waals surface area contributed by atoms with Gasteiger partial charge >= 0.3 is 5.97 Å². The van der Waals surface area contributed by atoms with Crippen molar-refractivity contribution in [3.05, 3.63) is 48.3 Å². The number of para-hydroxylation sites is 1. The summed E-state index contributed by atoms with van der Waals surface area (Å²) in [4.78, 5) is 32.1. The number of carbonyl (C=O) groups is 2. The van der Waals surface area contributed by atoms with Crippen LogP contribution in [0.3, 0.4) is 0 Å². The second-order valence-corrected chi connectivity index (χ2v) is 5.56. The number of halogens is 1. The molecule has 0 bridgehead atoms. The van der Waals surface area contributed by atoms with Crippen LogP contribution in [0.2, 0.25) is 0 Å². The van der Waals surface area contributed by atoms with Crippen LogP contribution in [0, 0.1) is 5.82 Å². The van der Waals surface area contributed by atoms with Gasteiger partial charge < -0.3 is 19.7 Å². The van der Waals surface area contributed by atoms with E-state index in [1.165, 1.54) is 29.3 Å². The lowest BCUT2D eigenvalue weighted by Crippen LogP contribution is -2.54. The summed E-state index contributed by atoms with van der Waals surface area (Å²) in [5.74, 6) is -1.99. The van der Waals surface area contributed by atoms with E-state index in [1.807, 2.05) is 0 Å². The molecular weight excluding hydrogens is 317 g/mol. The molecule has 7 nitrogen and oxygen atoms in total. The maximum Gasteiger partial charge on any atom is 0.348 e. The monoisotopic (exact) mass is 333 g/mol. The number of piperidine rings is 1. The van der Waals surface area contributed by atoms with Gasteiger partial charge in [0, 0.05) is 38.3 Å². The number of benzene rings is 1. The predicted molar refractivity (Wildman–Crippen MR) is 81.1 cm³/mol. The molecule has 1 saturated heterocycles. The molecule has 0 atom stereocenters. The van der Waals surface area contributed by atoms with Crippen molar-refractivity contribution in [3.8, 4) is 5.75 Å². The van der Waals surface area contributed by atoms with Crippen LogP contribution in [-0.4, -0.2) is 50.5 Å². The molecule has 2 aromatic rings. The molecule has 3 rings (SSSR count). The van der Waals surface area contributed by atoms with Gasteiger partial charge in [-0.3, -0.25) is 4.79 Å². The summed E-state index contributed by atoms with van der Waals surface area (Å²) >= 11 is 0. The van der Waals surface area contributed by atoms with Crippen LogP contribution in [0.15, 0.2) is 36.7 Å². The summed E-state index contributed by atoms with van der Waals surface area (Å²) in [5, 5.41) is 9.58. The maximum absolute atomic E-state index is 13.8. The average Bonchev–Trinajstić information content (AvgIpc) is 3.11. The van der Waals surface area contributed by atoms with Gasteiger partial charge in [0.1, 0.15) is 0 Å². The van der Waals surface area contributed by atoms with E-state index in [9.17, 15) is 19.1 Å². The minimum Gasteiger partial charge on any atom is -0.478 e. The summed E-state index contributed by atoms with van der Waals surface area (Å²) in [6.45, 7) is 0.362. The molecule has 126 valence electrons. The number of hydrogen-bond acceptors (Lipinski definition) is 4. The number of aromatic nitrogens is 2. The van der Waals surface area contributed by atoms with Crippen molar-refractivity contribution in [2.45, 2.75) is 18.4 Å². The van der Waals surface area contributed by atoms with E-state index in [2.05, 4.69) is 9.97 Å². The van der Waals surface area contributed by atoms with E-state index in [4.69, 9.17) is 4.74 Å². The highest BCUT2D eigenvalue weighted by atomic mass is 19.1. The zero-order chi connectivity index (χ0) is 17.2. The van der Waals surface area contributed by atoms with Crippen molar-refractivity contribution in [1.29, 1.82) is 0 Å². The third-order valence-corrected chi connectivity index (χ3v) is 4.09. The van der Waals surface area contributed by atoms with Gasteiger partial charge in [-0.05, 0) is 12.1 Å². The zero-order valence-corrected chi connectivity index (χ0v) is 12.7. The summed E-state index contributed by atoms with van der Waals surface area (Å²) in [6.07, 6.45) is 3.13. The van der Waals surface area contributed by atoms with Crippen molar-refractivity contribution >= 4 is 11.9 Å². The number of amides is 1. The van der Waals surface area contributed by atoms with Crippen molar-refractivity contribution < 1.29 is 23.8 Å². The van der Waals surface area contributed by atoms with Crippen LogP contribution in [0.25, 0.3) is 0 Å². The molecule has 1 aromatic heterocycles. The van der Waals surface area contributed by atoms with Gasteiger partial charge in [-0.25, -0.2) is 14.2 Å². The number of imidazole rings is 1. The maximum atomic E-state index is 13.8. The second kappa shape index (κ2) is 6.31. The highest BCUT2D eigenvalue weighted by molar-refractivity contribution is 5.90. The number of rotatable bonds is 4. The Kier molecular flexibility index (Phi) is 4.20. The van der Waals surface area contributed by atoms with Gasteiger partial charge in [-0.1, -0.05) is 12.1 Å². The Morgan fingerprint density at radius 1 is 1.29 bits per heavy atom. The molecule has 1 amide bonds. The molecule has 1 aliphatic heterocycles. The fraction of sp³-hybridized carbons (Fsp3) is 0.312. The van der Waals surface area contributed by atoms with E-state index in [0.717, 1.165) is 0 Å². The lowest BCUT2D eigenvalue weighted by Gasteiger charge is -2.38. The van der Waals surface area contributed by atoms with Gasteiger partial charge in [0.25, 0.3) is 5.91 Å². The lowest BCUT2D eigenvalue weighted by atomic mass is 9.91. The van der Waals surface area contributed by atoms with Crippen LogP contribution in [0.5, 0.6) is 5.75 Å². The van der Waals surface area contributed by atoms with Crippen molar-refractivity contribution in [1.82, 2.24) is 14.9 Å². The van der Waals surface area contributed by atoms with Gasteiger partial charge in [0.2, 0.25) is 5.60 Å². The first-order valence-corrected chi connectivity index (χ1v) is 7.47. The number of hydrogen-bond donors (Lipinski definition) is 2. The number of carbonyl (C=O) groups excluding carboxylic acids is 1. The zero-order valence-electron chi connectivity index (χ0n) is 12.7. The Hall–Kier alpha value is -2.90. The first-order chi connectivity index (χ1) is 11.5. The Balaban J connectivity index is 1.74. The number of likely N-dealkylation sites (tertiary alicyclic amines) is 1. The molecule has 1 fully saturated rings. The molecule has 0 spiro atoms. The number of aromatic amines is 1. The third kappa shape index (κ3) is 2.94. The SMILES string of the molecule is O=C(c1ncc[nH]1)N1CCC(Oc2ccccc2F)(C(=O)O)CC1. The molecule has 24 heavy (non-hydrogen) atoms. The van der Waals surface area contributed by atoms with E-state index in [0.29, 0.717) is 0 Å². The van der Waals surface area contributed by atoms with Crippen LogP contribution in [0.4, 0.5) is 4.39 Å². The first kappa shape index (κ1) is 16.0. The van der Waals surface area contributed by atoms with Crippen molar-refractivity contribution in [2.75, 3.05) is 13.1 Å². The lowest BCUT2D eigenvalue weighted by molar-refractivity contribution is -0.159. The molecule has 1 aromatic carbocycles. The Morgan fingerprint density at radius 3 is 2.58 bits per heavy atom. The molecule has 0 saturated carbocycles. The molecule has 0 radical (unpaired) electrons. The highest BCUT2D eigenvalue weighted by Gasteiger charge is 2.45. The summed E-state index contributed by atoms with van der Waals surface area (Å²) < 4.78 is 19.3. The summed E-state index contributed by atoms with van der Waals surface area (Å²) in [5.41, 5.74) is -1.55. The topological polar surface area (TPSA) is 95.5 Å². The Bertz CT molecular complexity index is 740. The quantitative estimate of drug-likeness (QED) is 0.888. The molecule has 2 N–H and O–H groups in total. The minimum absolute atomic E-state index is 0.0586. The van der Waals surface area contributed by atoms with Crippen molar-refractivity contribution in [3.63, 3.8) is 0 Å². The van der Waals surface area contributed by atoms with E-state index < -0.39 is 17.4 Å². The Morgan fingerprint density at radius 2 is 2.00 bits per heavy atom. The Labute approximate surface area is 137 Å². The standard InChI is InChI=1S/C16H16FN3O4/c17-11-3-1-2-4-12(11)24-16(15(22)23)5-9-20(10-6-16)14(21)13-18-7-8-19-13/h1-4,7-8H,5-6,9-10H2,(H,18,19)(H,22,23). The molecule has 2 heterocycles. The second-order valence-electron chi connectivity index (χ2n) is 5.56. The predicted octanol–water partition coefficient (Wildman–Crippen LogP) is 1.69. The van der Waals surface area contributed by atoms with Gasteiger partial charge in [-0.15, -0.1) is 0 Å². The number of aliphatic carboxylic acids is 1. The van der Waals surface area contributed by atoms with Crippen LogP contribution >= 0.6 is 0 Å². The minimum atomic E-state index is -1.55. The highest BCUT2D eigenvalue weighted by Crippen LogP contribution is 2.31. The smallest absolute Gasteiger partial charge is 0.348 e. The summed E-state index contributed by atoms with van der Waals surface area (Å²) in [7, 11) is 0. The molecular formula is C16H16FN3O4. The molecule has 0 unspecified atom stereocenters. The van der Waals surface area contributed by atoms with Crippen LogP contribution in [-0.2, 0) is 4.79 Å². The fourth-order valence-corrected chi connectivity index (χ4v) is 2.70. The largest absolute Gasteiger partial charge is 0.478 e. The van der Waals surface area contributed by atoms with E-state index in [1.54, 1.807) is 12.3 Å². The van der Waals surface area contributed by atoms with Gasteiger partial charge in [0.05, 0.1) is 0 Å². The number of carboxylic acids is 1. The fourth-order valence-electron chi connectivity index (χ4n) is 2.70. The number of nitrogens with one attached hydrogen (secondary N) is 1.